The van der Waals surface area contributed by atoms with Crippen LogP contribution in [0.3, 0.4) is 0 Å². The molecule has 0 atom stereocenters. The van der Waals surface area contributed by atoms with Crippen LogP contribution in [0.4, 0.5) is 0 Å². The Morgan fingerprint density at radius 2 is 1.64 bits per heavy atom. The van der Waals surface area contributed by atoms with E-state index in [9.17, 15) is 9.59 Å². The summed E-state index contributed by atoms with van der Waals surface area (Å²) in [5.74, 6) is 0.543. The summed E-state index contributed by atoms with van der Waals surface area (Å²) in [5, 5.41) is 5.59. The summed E-state index contributed by atoms with van der Waals surface area (Å²) in [7, 11) is 0. The SMILES string of the molecule is CCCCOc1ccc(C(NC(=O)CI)NC(=O)CI)cc1. The monoisotopic (exact) mass is 530 g/mol. The molecule has 0 fully saturated rings. The fourth-order valence-corrected chi connectivity index (χ4v) is 2.13. The standard InChI is InChI=1S/C15H20I2N2O3/c1-2-3-8-22-12-6-4-11(5-7-12)15(18-13(20)9-16)19-14(21)10-17/h4-7,15H,2-3,8-10H2,1H3,(H,18,20)(H,19,21). The number of ether oxygens (including phenoxy) is 1. The zero-order chi connectivity index (χ0) is 16.4. The average Bonchev–Trinajstić information content (AvgIpc) is 2.54. The molecule has 22 heavy (non-hydrogen) atoms. The predicted molar refractivity (Wildman–Crippen MR) is 104 cm³/mol. The van der Waals surface area contributed by atoms with Gasteiger partial charge in [0, 0.05) is 0 Å². The van der Waals surface area contributed by atoms with E-state index in [0.29, 0.717) is 15.5 Å². The van der Waals surface area contributed by atoms with Gasteiger partial charge in [-0.05, 0) is 24.1 Å². The molecule has 1 aromatic carbocycles. The first-order valence-electron chi connectivity index (χ1n) is 7.04. The summed E-state index contributed by atoms with van der Waals surface area (Å²) in [6.45, 7) is 2.80. The maximum Gasteiger partial charge on any atom is 0.231 e. The van der Waals surface area contributed by atoms with Gasteiger partial charge in [-0.3, -0.25) is 9.59 Å². The average molecular weight is 530 g/mol. The number of rotatable bonds is 9. The molecule has 0 aromatic heterocycles. The molecule has 0 aliphatic heterocycles. The molecule has 0 spiro atoms. The number of carbonyl (C=O) groups excluding carboxylic acids is 2. The Hall–Kier alpha value is -0.580. The molecule has 7 heteroatoms. The van der Waals surface area contributed by atoms with E-state index in [1.807, 2.05) is 69.4 Å². The van der Waals surface area contributed by atoms with Gasteiger partial charge in [-0.25, -0.2) is 0 Å². The second kappa shape index (κ2) is 11.0. The summed E-state index contributed by atoms with van der Waals surface area (Å²) in [6.07, 6.45) is 1.58. The van der Waals surface area contributed by atoms with Gasteiger partial charge in [-0.2, -0.15) is 0 Å². The van der Waals surface area contributed by atoms with E-state index in [0.717, 1.165) is 24.2 Å². The smallest absolute Gasteiger partial charge is 0.231 e. The Balaban J connectivity index is 2.75. The highest BCUT2D eigenvalue weighted by Crippen LogP contribution is 2.17. The third-order valence-electron chi connectivity index (χ3n) is 2.83. The van der Waals surface area contributed by atoms with Crippen LogP contribution in [0.5, 0.6) is 5.75 Å². The van der Waals surface area contributed by atoms with Gasteiger partial charge in [0.15, 0.2) is 0 Å². The molecule has 5 nitrogen and oxygen atoms in total. The number of hydrogen-bond acceptors (Lipinski definition) is 3. The van der Waals surface area contributed by atoms with Crippen LogP contribution in [0.15, 0.2) is 24.3 Å². The minimum atomic E-state index is -0.519. The van der Waals surface area contributed by atoms with Crippen LogP contribution in [0, 0.1) is 0 Å². The van der Waals surface area contributed by atoms with Gasteiger partial charge < -0.3 is 15.4 Å². The summed E-state index contributed by atoms with van der Waals surface area (Å²) in [4.78, 5) is 23.2. The summed E-state index contributed by atoms with van der Waals surface area (Å²) in [6, 6.07) is 7.41. The minimum absolute atomic E-state index is 0.123. The van der Waals surface area contributed by atoms with Gasteiger partial charge in [0.05, 0.1) is 15.5 Å². The second-order valence-electron chi connectivity index (χ2n) is 4.61. The lowest BCUT2D eigenvalue weighted by molar-refractivity contribution is -0.121. The van der Waals surface area contributed by atoms with E-state index in [4.69, 9.17) is 4.74 Å². The van der Waals surface area contributed by atoms with Gasteiger partial charge in [0.25, 0.3) is 0 Å². The number of benzene rings is 1. The van der Waals surface area contributed by atoms with Gasteiger partial charge in [-0.15, -0.1) is 0 Å². The number of amides is 2. The fraction of sp³-hybridized carbons (Fsp3) is 0.467. The highest BCUT2D eigenvalue weighted by Gasteiger charge is 2.16. The Morgan fingerprint density at radius 1 is 1.09 bits per heavy atom. The molecule has 0 unspecified atom stereocenters. The Labute approximate surface area is 158 Å². The minimum Gasteiger partial charge on any atom is -0.494 e. The molecule has 0 aliphatic rings. The Morgan fingerprint density at radius 3 is 2.09 bits per heavy atom. The largest absolute Gasteiger partial charge is 0.494 e. The van der Waals surface area contributed by atoms with Gasteiger partial charge in [-0.1, -0.05) is 70.7 Å². The van der Waals surface area contributed by atoms with E-state index >= 15 is 0 Å². The summed E-state index contributed by atoms with van der Waals surface area (Å²) >= 11 is 3.97. The molecule has 0 bridgehead atoms. The fourth-order valence-electron chi connectivity index (χ4n) is 1.69. The molecule has 1 rings (SSSR count). The van der Waals surface area contributed by atoms with Crippen LogP contribution in [-0.2, 0) is 9.59 Å². The molecule has 2 N–H and O–H groups in total. The van der Waals surface area contributed by atoms with Gasteiger partial charge in [0.1, 0.15) is 11.9 Å². The van der Waals surface area contributed by atoms with Crippen molar-refractivity contribution >= 4 is 57.0 Å². The first kappa shape index (κ1) is 19.5. The van der Waals surface area contributed by atoms with Crippen molar-refractivity contribution in [1.82, 2.24) is 10.6 Å². The highest BCUT2D eigenvalue weighted by molar-refractivity contribution is 14.1. The van der Waals surface area contributed by atoms with Crippen molar-refractivity contribution in [3.8, 4) is 5.75 Å². The molecule has 0 aliphatic carbocycles. The number of halogens is 2. The number of alkyl halides is 2. The number of carbonyl (C=O) groups is 2. The lowest BCUT2D eigenvalue weighted by atomic mass is 10.1. The second-order valence-corrected chi connectivity index (χ2v) is 6.13. The van der Waals surface area contributed by atoms with Crippen LogP contribution in [0.25, 0.3) is 0 Å². The number of unbranched alkanes of at least 4 members (excludes halogenated alkanes) is 1. The molecule has 1 aromatic rings. The summed E-state index contributed by atoms with van der Waals surface area (Å²) in [5.41, 5.74) is 0.819. The van der Waals surface area contributed by atoms with E-state index < -0.39 is 6.17 Å². The maximum absolute atomic E-state index is 11.6. The van der Waals surface area contributed by atoms with Crippen LogP contribution < -0.4 is 15.4 Å². The van der Waals surface area contributed by atoms with Gasteiger partial charge in [0.2, 0.25) is 11.8 Å². The molecule has 0 saturated heterocycles. The van der Waals surface area contributed by atoms with Crippen molar-refractivity contribution in [3.05, 3.63) is 29.8 Å². The van der Waals surface area contributed by atoms with Crippen molar-refractivity contribution in [2.75, 3.05) is 15.5 Å². The van der Waals surface area contributed by atoms with Crippen LogP contribution >= 0.6 is 45.2 Å². The normalized spacial score (nSPS) is 10.4. The summed E-state index contributed by atoms with van der Waals surface area (Å²) < 4.78 is 6.29. The van der Waals surface area contributed by atoms with E-state index in [1.165, 1.54) is 0 Å². The predicted octanol–water partition coefficient (Wildman–Crippen LogP) is 2.97. The van der Waals surface area contributed by atoms with Crippen molar-refractivity contribution in [3.63, 3.8) is 0 Å². The first-order valence-corrected chi connectivity index (χ1v) is 10.1. The van der Waals surface area contributed by atoms with Gasteiger partial charge >= 0.3 is 0 Å². The van der Waals surface area contributed by atoms with E-state index in [2.05, 4.69) is 17.6 Å². The Kier molecular flexibility index (Phi) is 9.76. The lowest BCUT2D eigenvalue weighted by Crippen LogP contribution is -2.41. The molecular weight excluding hydrogens is 510 g/mol. The third kappa shape index (κ3) is 7.12. The number of nitrogens with one attached hydrogen (secondary N) is 2. The molecule has 0 radical (unpaired) electrons. The Bertz CT molecular complexity index is 462. The number of hydrogen-bond donors (Lipinski definition) is 2. The van der Waals surface area contributed by atoms with Crippen molar-refractivity contribution < 1.29 is 14.3 Å². The van der Waals surface area contributed by atoms with Crippen LogP contribution in [0.1, 0.15) is 31.5 Å². The maximum atomic E-state index is 11.6. The molecule has 2 amide bonds. The van der Waals surface area contributed by atoms with Crippen molar-refractivity contribution in [2.24, 2.45) is 0 Å². The topological polar surface area (TPSA) is 67.4 Å². The lowest BCUT2D eigenvalue weighted by Gasteiger charge is -2.20. The molecule has 122 valence electrons. The quantitative estimate of drug-likeness (QED) is 0.224. The molecule has 0 heterocycles. The van der Waals surface area contributed by atoms with E-state index in [1.54, 1.807) is 0 Å². The van der Waals surface area contributed by atoms with Crippen molar-refractivity contribution in [1.29, 1.82) is 0 Å². The van der Waals surface area contributed by atoms with Crippen LogP contribution in [-0.4, -0.2) is 27.3 Å². The molecule has 0 saturated carbocycles. The van der Waals surface area contributed by atoms with Crippen LogP contribution in [0.2, 0.25) is 0 Å². The third-order valence-corrected chi connectivity index (χ3v) is 4.22. The van der Waals surface area contributed by atoms with Crippen molar-refractivity contribution in [2.45, 2.75) is 25.9 Å². The first-order chi connectivity index (χ1) is 10.6. The zero-order valence-corrected chi connectivity index (χ0v) is 16.7. The highest BCUT2D eigenvalue weighted by atomic mass is 127. The van der Waals surface area contributed by atoms with E-state index in [-0.39, 0.29) is 11.8 Å². The molecular formula is C15H20I2N2O3. The zero-order valence-electron chi connectivity index (χ0n) is 12.4.